The summed E-state index contributed by atoms with van der Waals surface area (Å²) in [6, 6.07) is 7.80. The predicted molar refractivity (Wildman–Crippen MR) is 98.5 cm³/mol. The maximum absolute atomic E-state index is 12.4. The predicted octanol–water partition coefficient (Wildman–Crippen LogP) is 1.24. The number of hydrogen-bond acceptors (Lipinski definition) is 5. The van der Waals surface area contributed by atoms with Crippen LogP contribution in [0.15, 0.2) is 24.3 Å². The average molecular weight is 358 g/mol. The van der Waals surface area contributed by atoms with E-state index in [0.717, 1.165) is 63.5 Å². The fourth-order valence-corrected chi connectivity index (χ4v) is 4.23. The van der Waals surface area contributed by atoms with Crippen LogP contribution in [0.25, 0.3) is 0 Å². The molecule has 3 saturated heterocycles. The number of ether oxygens (including phenoxy) is 1. The zero-order valence-electron chi connectivity index (χ0n) is 15.3. The number of rotatable bonds is 5. The van der Waals surface area contributed by atoms with E-state index in [-0.39, 0.29) is 18.0 Å². The molecule has 1 aromatic rings. The summed E-state index contributed by atoms with van der Waals surface area (Å²) in [7, 11) is 1.70. The molecule has 1 atom stereocenters. The summed E-state index contributed by atoms with van der Waals surface area (Å²) in [6.45, 7) is 5.64. The highest BCUT2D eigenvalue weighted by Crippen LogP contribution is 2.29. The van der Waals surface area contributed by atoms with Crippen LogP contribution in [-0.2, 0) is 4.79 Å². The van der Waals surface area contributed by atoms with Gasteiger partial charge in [0.25, 0.3) is 5.91 Å². The third-order valence-corrected chi connectivity index (χ3v) is 5.72. The first kappa shape index (κ1) is 17.1. The summed E-state index contributed by atoms with van der Waals surface area (Å²) < 4.78 is 5.46. The highest BCUT2D eigenvalue weighted by Gasteiger charge is 2.47. The molecule has 0 bridgehead atoms. The van der Waals surface area contributed by atoms with E-state index in [4.69, 9.17) is 4.74 Å². The van der Waals surface area contributed by atoms with Gasteiger partial charge in [-0.25, -0.2) is 4.79 Å². The topological polar surface area (TPSA) is 56.3 Å². The third-order valence-electron chi connectivity index (χ3n) is 5.72. The van der Waals surface area contributed by atoms with Gasteiger partial charge in [-0.2, -0.15) is 0 Å². The van der Waals surface area contributed by atoms with Crippen molar-refractivity contribution in [3.8, 4) is 5.75 Å². The summed E-state index contributed by atoms with van der Waals surface area (Å²) in [5.74, 6) is 0.898. The number of fused-ring (bicyclic) bond motifs is 1. The van der Waals surface area contributed by atoms with Gasteiger partial charge in [0.2, 0.25) is 0 Å². The molecule has 0 unspecified atom stereocenters. The summed E-state index contributed by atoms with van der Waals surface area (Å²) in [6.07, 6.45) is 1.76. The molecular formula is C19H26N4O3. The van der Waals surface area contributed by atoms with E-state index in [0.29, 0.717) is 6.54 Å². The first-order valence-corrected chi connectivity index (χ1v) is 9.41. The van der Waals surface area contributed by atoms with Gasteiger partial charge in [-0.1, -0.05) is 12.1 Å². The van der Waals surface area contributed by atoms with Gasteiger partial charge in [-0.05, 0) is 25.0 Å². The lowest BCUT2D eigenvalue weighted by Gasteiger charge is -2.37. The molecule has 26 heavy (non-hydrogen) atoms. The van der Waals surface area contributed by atoms with Crippen molar-refractivity contribution in [3.63, 3.8) is 0 Å². The van der Waals surface area contributed by atoms with Crippen LogP contribution in [0.1, 0.15) is 12.8 Å². The second-order valence-electron chi connectivity index (χ2n) is 7.12. The first-order valence-electron chi connectivity index (χ1n) is 9.41. The second kappa shape index (κ2) is 7.15. The Morgan fingerprint density at radius 3 is 2.54 bits per heavy atom. The van der Waals surface area contributed by atoms with E-state index in [1.54, 1.807) is 12.0 Å². The highest BCUT2D eigenvalue weighted by molar-refractivity contribution is 6.04. The number of anilines is 1. The normalized spacial score (nSPS) is 23.7. The number of carbonyl (C=O) groups is 2. The van der Waals surface area contributed by atoms with E-state index in [1.807, 2.05) is 18.2 Å². The number of piperazine rings is 1. The molecule has 0 N–H and O–H groups in total. The second-order valence-corrected chi connectivity index (χ2v) is 7.12. The number of hydrogen-bond donors (Lipinski definition) is 0. The molecule has 3 amide bonds. The largest absolute Gasteiger partial charge is 0.495 e. The number of urea groups is 1. The number of benzene rings is 1. The maximum atomic E-state index is 12.4. The summed E-state index contributed by atoms with van der Waals surface area (Å²) in [4.78, 5) is 32.6. The molecule has 0 radical (unpaired) electrons. The number of methoxy groups -OCH3 is 1. The van der Waals surface area contributed by atoms with Crippen LogP contribution in [0, 0.1) is 0 Å². The van der Waals surface area contributed by atoms with Crippen LogP contribution in [0.2, 0.25) is 0 Å². The summed E-state index contributed by atoms with van der Waals surface area (Å²) in [5, 5.41) is 0. The van der Waals surface area contributed by atoms with Crippen molar-refractivity contribution in [2.45, 2.75) is 18.9 Å². The fourth-order valence-electron chi connectivity index (χ4n) is 4.23. The molecule has 3 aliphatic heterocycles. The van der Waals surface area contributed by atoms with Crippen molar-refractivity contribution in [2.24, 2.45) is 0 Å². The van der Waals surface area contributed by atoms with Gasteiger partial charge in [0.05, 0.1) is 12.8 Å². The molecule has 140 valence electrons. The number of imide groups is 1. The van der Waals surface area contributed by atoms with Gasteiger partial charge in [0.1, 0.15) is 11.8 Å². The minimum Gasteiger partial charge on any atom is -0.495 e. The van der Waals surface area contributed by atoms with Crippen LogP contribution in [0.3, 0.4) is 0 Å². The highest BCUT2D eigenvalue weighted by atomic mass is 16.5. The van der Waals surface area contributed by atoms with Gasteiger partial charge in [0.15, 0.2) is 0 Å². The third kappa shape index (κ3) is 3.00. The minimum absolute atomic E-state index is 0.000146. The molecule has 4 rings (SSSR count). The molecule has 3 heterocycles. The Bertz CT molecular complexity index is 665. The molecule has 7 nitrogen and oxygen atoms in total. The van der Waals surface area contributed by atoms with Crippen LogP contribution < -0.4 is 9.64 Å². The number of amides is 3. The van der Waals surface area contributed by atoms with Gasteiger partial charge >= 0.3 is 6.03 Å². The van der Waals surface area contributed by atoms with Crippen LogP contribution in [-0.4, -0.2) is 85.6 Å². The SMILES string of the molecule is COc1ccccc1N1CCN(CCN2C(=O)[C@@H]3CCCN3C2=O)CC1. The number of para-hydroxylation sites is 2. The Morgan fingerprint density at radius 1 is 1.04 bits per heavy atom. The van der Waals surface area contributed by atoms with E-state index < -0.39 is 0 Å². The molecular weight excluding hydrogens is 332 g/mol. The van der Waals surface area contributed by atoms with Gasteiger partial charge in [-0.3, -0.25) is 14.6 Å². The lowest BCUT2D eigenvalue weighted by molar-refractivity contribution is -0.128. The van der Waals surface area contributed by atoms with Crippen molar-refractivity contribution in [1.82, 2.24) is 14.7 Å². The quantitative estimate of drug-likeness (QED) is 0.742. The number of carbonyl (C=O) groups excluding carboxylic acids is 2. The van der Waals surface area contributed by atoms with Crippen LogP contribution in [0.5, 0.6) is 5.75 Å². The van der Waals surface area contributed by atoms with E-state index in [1.165, 1.54) is 4.90 Å². The van der Waals surface area contributed by atoms with Crippen molar-refractivity contribution < 1.29 is 14.3 Å². The van der Waals surface area contributed by atoms with E-state index >= 15 is 0 Å². The molecule has 0 aromatic heterocycles. The van der Waals surface area contributed by atoms with Gasteiger partial charge in [-0.15, -0.1) is 0 Å². The molecule has 0 saturated carbocycles. The molecule has 7 heteroatoms. The standard InChI is InChI=1S/C19H26N4O3/c1-26-17-7-3-2-5-15(17)21-12-9-20(10-13-21)11-14-23-18(24)16-6-4-8-22(16)19(23)25/h2-3,5,7,16H,4,6,8-14H2,1H3/t16-/m0/s1. The van der Waals surface area contributed by atoms with Gasteiger partial charge < -0.3 is 14.5 Å². The summed E-state index contributed by atoms with van der Waals surface area (Å²) >= 11 is 0. The maximum Gasteiger partial charge on any atom is 0.327 e. The molecule has 3 fully saturated rings. The Hall–Kier alpha value is -2.28. The zero-order valence-corrected chi connectivity index (χ0v) is 15.3. The van der Waals surface area contributed by atoms with E-state index in [9.17, 15) is 9.59 Å². The van der Waals surface area contributed by atoms with Crippen molar-refractivity contribution in [3.05, 3.63) is 24.3 Å². The van der Waals surface area contributed by atoms with Crippen LogP contribution in [0.4, 0.5) is 10.5 Å². The molecule has 0 spiro atoms. The molecule has 3 aliphatic rings. The molecule has 1 aromatic carbocycles. The first-order chi connectivity index (χ1) is 12.7. The lowest BCUT2D eigenvalue weighted by atomic mass is 10.2. The Kier molecular flexibility index (Phi) is 4.72. The monoisotopic (exact) mass is 358 g/mol. The fraction of sp³-hybridized carbons (Fsp3) is 0.579. The molecule has 0 aliphatic carbocycles. The Morgan fingerprint density at radius 2 is 1.81 bits per heavy atom. The van der Waals surface area contributed by atoms with Crippen LogP contribution >= 0.6 is 0 Å². The minimum atomic E-state index is -0.190. The van der Waals surface area contributed by atoms with Crippen molar-refractivity contribution >= 4 is 17.6 Å². The van der Waals surface area contributed by atoms with Gasteiger partial charge in [0, 0.05) is 45.8 Å². The van der Waals surface area contributed by atoms with E-state index in [2.05, 4.69) is 15.9 Å². The van der Waals surface area contributed by atoms with Crippen molar-refractivity contribution in [2.75, 3.05) is 57.8 Å². The smallest absolute Gasteiger partial charge is 0.327 e. The Labute approximate surface area is 154 Å². The van der Waals surface area contributed by atoms with Crippen molar-refractivity contribution in [1.29, 1.82) is 0 Å². The average Bonchev–Trinajstić information content (AvgIpc) is 3.25. The lowest BCUT2D eigenvalue weighted by Crippen LogP contribution is -2.49. The Balaban J connectivity index is 1.29. The number of nitrogens with zero attached hydrogens (tertiary/aromatic N) is 4. The summed E-state index contributed by atoms with van der Waals surface area (Å²) in [5.41, 5.74) is 1.13. The zero-order chi connectivity index (χ0) is 18.1.